The molecule has 2 aromatic heterocycles. The lowest BCUT2D eigenvalue weighted by molar-refractivity contribution is 0.458. The zero-order valence-electron chi connectivity index (χ0n) is 14.2. The van der Waals surface area contributed by atoms with Crippen molar-refractivity contribution in [3.05, 3.63) is 80.6 Å². The van der Waals surface area contributed by atoms with Crippen molar-refractivity contribution in [3.8, 4) is 28.7 Å². The number of aromatic amines is 1. The lowest BCUT2D eigenvalue weighted by atomic mass is 10.1. The third kappa shape index (κ3) is 3.70. The molecule has 0 aliphatic carbocycles. The first-order valence-corrected chi connectivity index (χ1v) is 8.95. The van der Waals surface area contributed by atoms with Crippen molar-refractivity contribution in [2.24, 2.45) is 0 Å². The van der Waals surface area contributed by atoms with Gasteiger partial charge in [-0.1, -0.05) is 40.2 Å². The molecule has 28 heavy (non-hydrogen) atoms. The van der Waals surface area contributed by atoms with Gasteiger partial charge >= 0.3 is 0 Å². The van der Waals surface area contributed by atoms with Gasteiger partial charge in [0.2, 0.25) is 11.6 Å². The Kier molecular flexibility index (Phi) is 4.74. The van der Waals surface area contributed by atoms with Gasteiger partial charge in [0, 0.05) is 10.0 Å². The molecule has 4 aromatic rings. The summed E-state index contributed by atoms with van der Waals surface area (Å²) in [6.45, 7) is 0. The fraction of sp³-hybridized carbons (Fsp3) is 0.0526. The van der Waals surface area contributed by atoms with Crippen molar-refractivity contribution in [1.82, 2.24) is 20.2 Å². The van der Waals surface area contributed by atoms with Crippen molar-refractivity contribution in [3.63, 3.8) is 0 Å². The van der Waals surface area contributed by atoms with Crippen LogP contribution in [0.15, 0.2) is 62.2 Å². The Morgan fingerprint density at radius 3 is 2.50 bits per heavy atom. The Morgan fingerprint density at radius 1 is 1.07 bits per heavy atom. The van der Waals surface area contributed by atoms with E-state index in [0.29, 0.717) is 5.56 Å². The summed E-state index contributed by atoms with van der Waals surface area (Å²) >= 11 is 3.34. The van der Waals surface area contributed by atoms with Gasteiger partial charge in [0.25, 0.3) is 11.4 Å². The van der Waals surface area contributed by atoms with Crippen molar-refractivity contribution < 1.29 is 13.9 Å². The largest absolute Gasteiger partial charge is 0.501 e. The number of aromatic hydroxyl groups is 1. The predicted molar refractivity (Wildman–Crippen MR) is 102 cm³/mol. The third-order valence-electron chi connectivity index (χ3n) is 3.95. The Balaban J connectivity index is 1.69. The molecule has 2 heterocycles. The van der Waals surface area contributed by atoms with Gasteiger partial charge in [-0.25, -0.2) is 9.37 Å². The molecular weight excluding hydrogens is 431 g/mol. The normalized spacial score (nSPS) is 10.9. The van der Waals surface area contributed by atoms with Crippen LogP contribution in [0.25, 0.3) is 23.0 Å². The lowest BCUT2D eigenvalue weighted by Gasteiger charge is -2.04. The number of rotatable bonds is 4. The number of hydrogen-bond donors (Lipinski definition) is 2. The smallest absolute Gasteiger partial charge is 0.294 e. The second kappa shape index (κ2) is 7.35. The SMILES string of the molecule is O=c1[nH]c(-c2ccc(Br)cc2)nc(-c2nnc(Cc3ccc(F)cc3)o2)c1O. The molecule has 9 heteroatoms. The van der Waals surface area contributed by atoms with E-state index < -0.39 is 11.3 Å². The van der Waals surface area contributed by atoms with Gasteiger partial charge in [-0.15, -0.1) is 10.2 Å². The second-order valence-electron chi connectivity index (χ2n) is 5.92. The van der Waals surface area contributed by atoms with Gasteiger partial charge in [-0.2, -0.15) is 0 Å². The van der Waals surface area contributed by atoms with E-state index in [1.54, 1.807) is 36.4 Å². The first-order chi connectivity index (χ1) is 13.5. The van der Waals surface area contributed by atoms with E-state index in [-0.39, 0.29) is 35.5 Å². The molecule has 140 valence electrons. The highest BCUT2D eigenvalue weighted by atomic mass is 79.9. The molecule has 0 bridgehead atoms. The molecule has 0 amide bonds. The molecule has 0 unspecified atom stereocenters. The molecule has 0 aliphatic heterocycles. The standard InChI is InChI=1S/C19H12BrFN4O3/c20-12-5-3-11(4-6-12)17-22-15(16(26)18(27)23-17)19-25-24-14(28-19)9-10-1-7-13(21)8-2-10/h1-8,26H,9H2,(H,22,23,27). The van der Waals surface area contributed by atoms with E-state index in [1.807, 2.05) is 0 Å². The van der Waals surface area contributed by atoms with Gasteiger partial charge in [0.05, 0.1) is 6.42 Å². The van der Waals surface area contributed by atoms with Crippen LogP contribution in [0.2, 0.25) is 0 Å². The third-order valence-corrected chi connectivity index (χ3v) is 4.48. The molecule has 7 nitrogen and oxygen atoms in total. The van der Waals surface area contributed by atoms with E-state index >= 15 is 0 Å². The van der Waals surface area contributed by atoms with Crippen molar-refractivity contribution in [2.45, 2.75) is 6.42 Å². The Hall–Kier alpha value is -3.33. The average molecular weight is 443 g/mol. The molecule has 0 saturated heterocycles. The minimum atomic E-state index is -0.721. The van der Waals surface area contributed by atoms with E-state index in [2.05, 4.69) is 36.1 Å². The number of hydrogen-bond acceptors (Lipinski definition) is 6. The van der Waals surface area contributed by atoms with Gasteiger partial charge in [-0.05, 0) is 29.8 Å². The summed E-state index contributed by atoms with van der Waals surface area (Å²) in [5.41, 5.74) is 0.587. The van der Waals surface area contributed by atoms with Gasteiger partial charge in [0.1, 0.15) is 11.6 Å². The number of benzene rings is 2. The molecule has 0 aliphatic rings. The van der Waals surface area contributed by atoms with Crippen LogP contribution in [0.3, 0.4) is 0 Å². The van der Waals surface area contributed by atoms with E-state index in [9.17, 15) is 14.3 Å². The highest BCUT2D eigenvalue weighted by molar-refractivity contribution is 9.10. The maximum Gasteiger partial charge on any atom is 0.294 e. The van der Waals surface area contributed by atoms with Crippen LogP contribution in [0, 0.1) is 5.82 Å². The summed E-state index contributed by atoms with van der Waals surface area (Å²) in [5, 5.41) is 17.9. The van der Waals surface area contributed by atoms with Crippen LogP contribution in [0.5, 0.6) is 5.75 Å². The molecule has 0 atom stereocenters. The molecule has 2 N–H and O–H groups in total. The minimum absolute atomic E-state index is 0.0842. The van der Waals surface area contributed by atoms with Crippen molar-refractivity contribution >= 4 is 15.9 Å². The maximum absolute atomic E-state index is 13.0. The van der Waals surface area contributed by atoms with Gasteiger partial charge < -0.3 is 14.5 Å². The summed E-state index contributed by atoms with van der Waals surface area (Å²) in [6, 6.07) is 13.0. The summed E-state index contributed by atoms with van der Waals surface area (Å²) in [5.74, 6) is -0.540. The topological polar surface area (TPSA) is 105 Å². The second-order valence-corrected chi connectivity index (χ2v) is 6.84. The average Bonchev–Trinajstić information content (AvgIpc) is 3.14. The van der Waals surface area contributed by atoms with Gasteiger partial charge in [-0.3, -0.25) is 4.79 Å². The molecule has 2 aromatic carbocycles. The first kappa shape index (κ1) is 18.1. The van der Waals surface area contributed by atoms with Crippen LogP contribution in [0.4, 0.5) is 4.39 Å². The van der Waals surface area contributed by atoms with Crippen molar-refractivity contribution in [2.75, 3.05) is 0 Å². The van der Waals surface area contributed by atoms with Crippen molar-refractivity contribution in [1.29, 1.82) is 0 Å². The maximum atomic E-state index is 13.0. The molecule has 0 spiro atoms. The summed E-state index contributed by atoms with van der Waals surface area (Å²) in [7, 11) is 0. The van der Waals surface area contributed by atoms with E-state index in [4.69, 9.17) is 4.42 Å². The van der Waals surface area contributed by atoms with Crippen LogP contribution >= 0.6 is 15.9 Å². The number of nitrogens with one attached hydrogen (secondary N) is 1. The Morgan fingerprint density at radius 2 is 1.79 bits per heavy atom. The van der Waals surface area contributed by atoms with Crippen LogP contribution in [-0.2, 0) is 6.42 Å². The Bertz CT molecular complexity index is 1190. The summed E-state index contributed by atoms with van der Waals surface area (Å²) in [6.07, 6.45) is 0.275. The first-order valence-electron chi connectivity index (χ1n) is 8.16. The van der Waals surface area contributed by atoms with Gasteiger partial charge in [0.15, 0.2) is 5.69 Å². The monoisotopic (exact) mass is 442 g/mol. The highest BCUT2D eigenvalue weighted by Gasteiger charge is 2.19. The minimum Gasteiger partial charge on any atom is -0.501 e. The predicted octanol–water partition coefficient (Wildman–Crippen LogP) is 3.68. The fourth-order valence-electron chi connectivity index (χ4n) is 2.56. The number of aromatic nitrogens is 4. The van der Waals surface area contributed by atoms with E-state index in [0.717, 1.165) is 10.0 Å². The number of halogens is 2. The molecule has 0 radical (unpaired) electrons. The number of H-pyrrole nitrogens is 1. The van der Waals surface area contributed by atoms with Crippen LogP contribution in [0.1, 0.15) is 11.5 Å². The van der Waals surface area contributed by atoms with E-state index in [1.165, 1.54) is 12.1 Å². The lowest BCUT2D eigenvalue weighted by Crippen LogP contribution is -2.10. The molecular formula is C19H12BrFN4O3. The molecule has 0 saturated carbocycles. The zero-order valence-corrected chi connectivity index (χ0v) is 15.8. The summed E-state index contributed by atoms with van der Waals surface area (Å²) in [4.78, 5) is 18.9. The number of nitrogens with zero attached hydrogens (tertiary/aromatic N) is 3. The summed E-state index contributed by atoms with van der Waals surface area (Å²) < 4.78 is 19.4. The van der Waals surface area contributed by atoms with Crippen LogP contribution in [-0.4, -0.2) is 25.3 Å². The zero-order chi connectivity index (χ0) is 19.7. The Labute approximate surface area is 166 Å². The quantitative estimate of drug-likeness (QED) is 0.499. The molecule has 4 rings (SSSR count). The van der Waals surface area contributed by atoms with Crippen LogP contribution < -0.4 is 5.56 Å². The highest BCUT2D eigenvalue weighted by Crippen LogP contribution is 2.26. The fourth-order valence-corrected chi connectivity index (χ4v) is 2.82. The molecule has 0 fully saturated rings.